The van der Waals surface area contributed by atoms with Crippen LogP contribution >= 0.6 is 0 Å². The molecule has 13 heavy (non-hydrogen) atoms. The number of H-pyrrole nitrogens is 1. The minimum Gasteiger partial charge on any atom is -0.393 e. The molecule has 0 saturated heterocycles. The number of nitrogens with one attached hydrogen (secondary N) is 1. The summed E-state index contributed by atoms with van der Waals surface area (Å²) in [6.45, 7) is 0. The van der Waals surface area contributed by atoms with Crippen LogP contribution in [0, 0.1) is 11.3 Å². The van der Waals surface area contributed by atoms with E-state index < -0.39 is 5.56 Å². The molecule has 6 nitrogen and oxygen atoms in total. The Hall–Kier alpha value is -2.29. The molecule has 2 heterocycles. The van der Waals surface area contributed by atoms with Gasteiger partial charge in [0, 0.05) is 6.20 Å². The van der Waals surface area contributed by atoms with Crippen LogP contribution in [0.4, 0.5) is 5.69 Å². The molecule has 0 spiro atoms. The summed E-state index contributed by atoms with van der Waals surface area (Å²) in [7, 11) is 0. The van der Waals surface area contributed by atoms with Crippen LogP contribution in [0.5, 0.6) is 0 Å². The van der Waals surface area contributed by atoms with Crippen LogP contribution in [-0.2, 0) is 0 Å². The number of nitriles is 1. The van der Waals surface area contributed by atoms with Crippen molar-refractivity contribution >= 4 is 11.3 Å². The van der Waals surface area contributed by atoms with E-state index in [0.717, 1.165) is 4.52 Å². The van der Waals surface area contributed by atoms with Crippen molar-refractivity contribution in [2.75, 3.05) is 5.73 Å². The molecule has 2 rings (SSSR count). The fourth-order valence-corrected chi connectivity index (χ4v) is 1.05. The molecule has 2 aromatic heterocycles. The van der Waals surface area contributed by atoms with Gasteiger partial charge in [0.05, 0.1) is 6.20 Å². The fraction of sp³-hybridized carbons (Fsp3) is 0. The summed E-state index contributed by atoms with van der Waals surface area (Å²) in [5.74, 6) is 0. The van der Waals surface area contributed by atoms with Crippen LogP contribution in [0.2, 0.25) is 0 Å². The van der Waals surface area contributed by atoms with Crippen LogP contribution in [0.3, 0.4) is 0 Å². The molecule has 0 aliphatic rings. The molecule has 6 heteroatoms. The van der Waals surface area contributed by atoms with Crippen molar-refractivity contribution in [3.05, 3.63) is 28.3 Å². The third-order valence-corrected chi connectivity index (χ3v) is 1.69. The molecule has 2 aromatic rings. The summed E-state index contributed by atoms with van der Waals surface area (Å²) >= 11 is 0. The van der Waals surface area contributed by atoms with Gasteiger partial charge in [-0.15, -0.1) is 0 Å². The van der Waals surface area contributed by atoms with Crippen LogP contribution in [0.25, 0.3) is 5.65 Å². The Bertz CT molecular complexity index is 558. The van der Waals surface area contributed by atoms with E-state index in [0.29, 0.717) is 11.2 Å². The second-order valence-electron chi connectivity index (χ2n) is 2.48. The highest BCUT2D eigenvalue weighted by Crippen LogP contribution is 2.03. The first-order valence-electron chi connectivity index (χ1n) is 3.49. The molecule has 0 aliphatic heterocycles. The van der Waals surface area contributed by atoms with Crippen LogP contribution in [-0.4, -0.2) is 14.6 Å². The minimum atomic E-state index is -0.397. The quantitative estimate of drug-likeness (QED) is 0.562. The molecule has 0 fully saturated rings. The van der Waals surface area contributed by atoms with Gasteiger partial charge >= 0.3 is 0 Å². The van der Waals surface area contributed by atoms with Gasteiger partial charge in [0.1, 0.15) is 17.3 Å². The number of aromatic amines is 1. The van der Waals surface area contributed by atoms with Gasteiger partial charge < -0.3 is 5.73 Å². The van der Waals surface area contributed by atoms with Crippen LogP contribution < -0.4 is 11.3 Å². The van der Waals surface area contributed by atoms with Gasteiger partial charge in [0.2, 0.25) is 0 Å². The van der Waals surface area contributed by atoms with Crippen molar-refractivity contribution in [3.8, 4) is 6.07 Å². The van der Waals surface area contributed by atoms with Crippen molar-refractivity contribution < 1.29 is 0 Å². The second-order valence-corrected chi connectivity index (χ2v) is 2.48. The Morgan fingerprint density at radius 3 is 3.15 bits per heavy atom. The predicted octanol–water partition coefficient (Wildman–Crippen LogP) is -0.524. The predicted molar refractivity (Wildman–Crippen MR) is 44.9 cm³/mol. The van der Waals surface area contributed by atoms with Gasteiger partial charge in [-0.1, -0.05) is 0 Å². The number of nitrogen functional groups attached to an aromatic ring is 1. The van der Waals surface area contributed by atoms with Crippen molar-refractivity contribution in [1.82, 2.24) is 14.6 Å². The van der Waals surface area contributed by atoms with Gasteiger partial charge in [-0.3, -0.25) is 9.89 Å². The van der Waals surface area contributed by atoms with E-state index in [2.05, 4.69) is 10.1 Å². The zero-order valence-electron chi connectivity index (χ0n) is 6.48. The number of hydrogen-bond acceptors (Lipinski definition) is 4. The molecule has 0 amide bonds. The smallest absolute Gasteiger partial charge is 0.295 e. The standard InChI is InChI=1S/C7H5N5O/c8-1-4-2-11-12-6(4)10-3-5(9)7(12)13/h2-3,11H,9H2. The lowest BCUT2D eigenvalue weighted by atomic mass is 10.4. The molecule has 0 saturated carbocycles. The van der Waals surface area contributed by atoms with E-state index in [4.69, 9.17) is 11.0 Å². The van der Waals surface area contributed by atoms with E-state index in [1.54, 1.807) is 0 Å². The maximum Gasteiger partial charge on any atom is 0.295 e. The van der Waals surface area contributed by atoms with Crippen molar-refractivity contribution in [2.45, 2.75) is 0 Å². The summed E-state index contributed by atoms with van der Waals surface area (Å²) in [5, 5.41) is 11.2. The molecule has 0 atom stereocenters. The summed E-state index contributed by atoms with van der Waals surface area (Å²) in [4.78, 5) is 15.2. The third kappa shape index (κ3) is 0.873. The van der Waals surface area contributed by atoms with Crippen LogP contribution in [0.15, 0.2) is 17.2 Å². The Labute approximate surface area is 72.2 Å². The highest BCUT2D eigenvalue weighted by molar-refractivity contribution is 5.55. The zero-order valence-corrected chi connectivity index (χ0v) is 6.48. The van der Waals surface area contributed by atoms with Gasteiger partial charge in [-0.25, -0.2) is 4.98 Å². The average molecular weight is 175 g/mol. The Balaban J connectivity index is 3.00. The lowest BCUT2D eigenvalue weighted by Gasteiger charge is -1.93. The molecular formula is C7H5N5O. The van der Waals surface area contributed by atoms with Crippen molar-refractivity contribution in [2.24, 2.45) is 0 Å². The summed E-state index contributed by atoms with van der Waals surface area (Å²) in [6.07, 6.45) is 2.65. The normalized spacial score (nSPS) is 10.1. The molecule has 0 bridgehead atoms. The Kier molecular flexibility index (Phi) is 1.33. The molecule has 0 radical (unpaired) electrons. The second kappa shape index (κ2) is 2.35. The lowest BCUT2D eigenvalue weighted by Crippen LogP contribution is -2.18. The number of nitrogens with two attached hydrogens (primary N) is 1. The molecule has 64 valence electrons. The van der Waals surface area contributed by atoms with Gasteiger partial charge in [0.15, 0.2) is 5.65 Å². The number of fused-ring (bicyclic) bond motifs is 1. The highest BCUT2D eigenvalue weighted by atomic mass is 16.1. The van der Waals surface area contributed by atoms with E-state index in [9.17, 15) is 4.79 Å². The van der Waals surface area contributed by atoms with Gasteiger partial charge in [-0.05, 0) is 0 Å². The summed E-state index contributed by atoms with van der Waals surface area (Å²) in [6, 6.07) is 1.90. The van der Waals surface area contributed by atoms with Crippen LogP contribution in [0.1, 0.15) is 5.56 Å². The number of anilines is 1. The van der Waals surface area contributed by atoms with E-state index in [-0.39, 0.29) is 5.69 Å². The molecule has 0 aromatic carbocycles. The van der Waals surface area contributed by atoms with Gasteiger partial charge in [-0.2, -0.15) is 9.78 Å². The largest absolute Gasteiger partial charge is 0.393 e. The third-order valence-electron chi connectivity index (χ3n) is 1.69. The summed E-state index contributed by atoms with van der Waals surface area (Å²) in [5.41, 5.74) is 5.60. The fourth-order valence-electron chi connectivity index (χ4n) is 1.05. The maximum absolute atomic E-state index is 11.3. The number of nitrogens with zero attached hydrogens (tertiary/aromatic N) is 3. The van der Waals surface area contributed by atoms with Crippen molar-refractivity contribution in [3.63, 3.8) is 0 Å². The SMILES string of the molecule is N#Cc1c[nH]n2c(=O)c(N)cnc12. The monoisotopic (exact) mass is 175 g/mol. The van der Waals surface area contributed by atoms with E-state index in [1.807, 2.05) is 6.07 Å². The first kappa shape index (κ1) is 7.36. The number of aromatic nitrogens is 3. The molecule has 0 aliphatic carbocycles. The van der Waals surface area contributed by atoms with E-state index in [1.165, 1.54) is 12.4 Å². The Morgan fingerprint density at radius 2 is 2.46 bits per heavy atom. The first-order valence-corrected chi connectivity index (χ1v) is 3.49. The molecule has 0 unspecified atom stereocenters. The maximum atomic E-state index is 11.3. The first-order chi connectivity index (χ1) is 6.24. The summed E-state index contributed by atoms with van der Waals surface area (Å²) < 4.78 is 1.13. The highest BCUT2D eigenvalue weighted by Gasteiger charge is 2.06. The number of rotatable bonds is 0. The van der Waals surface area contributed by atoms with Gasteiger partial charge in [0.25, 0.3) is 5.56 Å². The number of hydrogen-bond donors (Lipinski definition) is 2. The molecular weight excluding hydrogens is 170 g/mol. The van der Waals surface area contributed by atoms with Crippen molar-refractivity contribution in [1.29, 1.82) is 5.26 Å². The minimum absolute atomic E-state index is 0.0452. The topological polar surface area (TPSA) is 100.0 Å². The average Bonchev–Trinajstić information content (AvgIpc) is 2.55. The molecule has 3 N–H and O–H groups in total. The lowest BCUT2D eigenvalue weighted by molar-refractivity contribution is 0.903. The Morgan fingerprint density at radius 1 is 1.69 bits per heavy atom. The van der Waals surface area contributed by atoms with E-state index >= 15 is 0 Å². The zero-order chi connectivity index (χ0) is 9.42.